The molecule has 1 heterocycles. The van der Waals surface area contributed by atoms with Crippen LogP contribution >= 0.6 is 0 Å². The average Bonchev–Trinajstić information content (AvgIpc) is 2.61. The van der Waals surface area contributed by atoms with Crippen molar-refractivity contribution in [1.29, 1.82) is 0 Å². The molecule has 1 aromatic carbocycles. The molecule has 2 rings (SSSR count). The topological polar surface area (TPSA) is 3.24 Å². The highest BCUT2D eigenvalue weighted by atomic mass is 15.2. The zero-order valence-electron chi connectivity index (χ0n) is 11.0. The van der Waals surface area contributed by atoms with Crippen LogP contribution in [-0.2, 0) is 0 Å². The normalized spacial score (nSPS) is 20.5. The van der Waals surface area contributed by atoms with Crippen LogP contribution in [0.4, 0.5) is 5.69 Å². The summed E-state index contributed by atoms with van der Waals surface area (Å²) in [6, 6.07) is 6.66. The third kappa shape index (κ3) is 2.44. The molecule has 1 nitrogen and oxygen atoms in total. The lowest BCUT2D eigenvalue weighted by atomic mass is 10.1. The van der Waals surface area contributed by atoms with E-state index in [-0.39, 0.29) is 0 Å². The van der Waals surface area contributed by atoms with Gasteiger partial charge >= 0.3 is 0 Å². The molecule has 0 radical (unpaired) electrons. The van der Waals surface area contributed by atoms with E-state index in [0.717, 1.165) is 13.0 Å². The predicted octanol–water partition coefficient (Wildman–Crippen LogP) is 4.39. The number of hydrogen-bond donors (Lipinski definition) is 0. The van der Waals surface area contributed by atoms with Crippen LogP contribution in [0, 0.1) is 12.8 Å². The van der Waals surface area contributed by atoms with Crippen molar-refractivity contribution in [3.8, 4) is 0 Å². The Labute approximate surface area is 104 Å². The van der Waals surface area contributed by atoms with E-state index in [9.17, 15) is 0 Å². The maximum atomic E-state index is 4.17. The standard InChI is InChI=1S/C16H21N/c1-5-6-15-10-16(8-7-13(15)3)17-11-12(2)9-14(17)4/h5-8,10,12H,4,9,11H2,1-3H3/b6-5-. The summed E-state index contributed by atoms with van der Waals surface area (Å²) >= 11 is 0. The Bertz CT molecular complexity index is 457. The van der Waals surface area contributed by atoms with Gasteiger partial charge in [-0.3, -0.25) is 0 Å². The number of anilines is 1. The SMILES string of the molecule is C=C1CC(C)CN1c1ccc(C)c(/C=C\C)c1. The third-order valence-corrected chi connectivity index (χ3v) is 3.38. The van der Waals surface area contributed by atoms with Crippen molar-refractivity contribution in [1.82, 2.24) is 0 Å². The van der Waals surface area contributed by atoms with Crippen LogP contribution in [0.15, 0.2) is 36.6 Å². The first kappa shape index (κ1) is 12.0. The van der Waals surface area contributed by atoms with Gasteiger partial charge in [-0.25, -0.2) is 0 Å². The number of hydrogen-bond acceptors (Lipinski definition) is 1. The molecule has 1 aliphatic rings. The summed E-state index contributed by atoms with van der Waals surface area (Å²) in [5, 5.41) is 0. The highest BCUT2D eigenvalue weighted by Crippen LogP contribution is 2.31. The molecule has 0 saturated carbocycles. The van der Waals surface area contributed by atoms with Gasteiger partial charge < -0.3 is 4.90 Å². The van der Waals surface area contributed by atoms with E-state index >= 15 is 0 Å². The largest absolute Gasteiger partial charge is 0.345 e. The van der Waals surface area contributed by atoms with Crippen molar-refractivity contribution in [2.75, 3.05) is 11.4 Å². The Morgan fingerprint density at radius 1 is 1.41 bits per heavy atom. The van der Waals surface area contributed by atoms with E-state index in [1.807, 2.05) is 0 Å². The Morgan fingerprint density at radius 2 is 2.18 bits per heavy atom. The van der Waals surface area contributed by atoms with Crippen molar-refractivity contribution in [2.45, 2.75) is 27.2 Å². The minimum atomic E-state index is 0.717. The predicted molar refractivity (Wildman–Crippen MR) is 76.2 cm³/mol. The van der Waals surface area contributed by atoms with E-state index in [1.54, 1.807) is 0 Å². The summed E-state index contributed by atoms with van der Waals surface area (Å²) < 4.78 is 0. The molecule has 1 fully saturated rings. The van der Waals surface area contributed by atoms with Crippen molar-refractivity contribution < 1.29 is 0 Å². The monoisotopic (exact) mass is 227 g/mol. The fourth-order valence-electron chi connectivity index (χ4n) is 2.46. The summed E-state index contributed by atoms with van der Waals surface area (Å²) in [7, 11) is 0. The van der Waals surface area contributed by atoms with Gasteiger partial charge in [0.05, 0.1) is 0 Å². The summed E-state index contributed by atoms with van der Waals surface area (Å²) in [4.78, 5) is 2.34. The maximum Gasteiger partial charge on any atom is 0.0414 e. The number of aryl methyl sites for hydroxylation is 1. The molecule has 1 unspecified atom stereocenters. The minimum absolute atomic E-state index is 0.717. The molecule has 1 aromatic rings. The second-order valence-electron chi connectivity index (χ2n) is 5.03. The molecule has 90 valence electrons. The third-order valence-electron chi connectivity index (χ3n) is 3.38. The smallest absolute Gasteiger partial charge is 0.0414 e. The van der Waals surface area contributed by atoms with Gasteiger partial charge in [-0.05, 0) is 49.4 Å². The van der Waals surface area contributed by atoms with Crippen molar-refractivity contribution in [3.63, 3.8) is 0 Å². The van der Waals surface area contributed by atoms with Gasteiger partial charge in [-0.1, -0.05) is 31.7 Å². The van der Waals surface area contributed by atoms with Gasteiger partial charge in [0.25, 0.3) is 0 Å². The van der Waals surface area contributed by atoms with Crippen molar-refractivity contribution >= 4 is 11.8 Å². The van der Waals surface area contributed by atoms with Gasteiger partial charge in [0.1, 0.15) is 0 Å². The van der Waals surface area contributed by atoms with E-state index < -0.39 is 0 Å². The molecule has 0 N–H and O–H groups in total. The lowest BCUT2D eigenvalue weighted by Gasteiger charge is -2.20. The maximum absolute atomic E-state index is 4.17. The fraction of sp³-hybridized carbons (Fsp3) is 0.375. The molecule has 0 amide bonds. The molecule has 1 saturated heterocycles. The van der Waals surface area contributed by atoms with E-state index in [0.29, 0.717) is 5.92 Å². The molecule has 0 bridgehead atoms. The molecule has 1 heteroatoms. The lowest BCUT2D eigenvalue weighted by molar-refractivity contribution is 0.668. The van der Waals surface area contributed by atoms with E-state index in [1.165, 1.54) is 22.5 Å². The van der Waals surface area contributed by atoms with Gasteiger partial charge in [-0.15, -0.1) is 0 Å². The van der Waals surface area contributed by atoms with Crippen LogP contribution in [0.3, 0.4) is 0 Å². The number of rotatable bonds is 2. The van der Waals surface area contributed by atoms with Gasteiger partial charge in [0.2, 0.25) is 0 Å². The number of allylic oxidation sites excluding steroid dienone is 2. The Hall–Kier alpha value is -1.50. The Balaban J connectivity index is 2.33. The van der Waals surface area contributed by atoms with Crippen LogP contribution in [-0.4, -0.2) is 6.54 Å². The zero-order chi connectivity index (χ0) is 12.4. The Kier molecular flexibility index (Phi) is 3.37. The quantitative estimate of drug-likeness (QED) is 0.724. The molecule has 0 aliphatic carbocycles. The van der Waals surface area contributed by atoms with E-state index in [4.69, 9.17) is 0 Å². The number of nitrogens with zero attached hydrogens (tertiary/aromatic N) is 1. The van der Waals surface area contributed by atoms with Crippen molar-refractivity contribution in [3.05, 3.63) is 47.7 Å². The average molecular weight is 227 g/mol. The highest BCUT2D eigenvalue weighted by molar-refractivity contribution is 5.63. The van der Waals surface area contributed by atoms with Crippen LogP contribution < -0.4 is 4.90 Å². The summed E-state index contributed by atoms with van der Waals surface area (Å²) in [5.41, 5.74) is 5.15. The molecular formula is C16H21N. The lowest BCUT2D eigenvalue weighted by Crippen LogP contribution is -2.17. The summed E-state index contributed by atoms with van der Waals surface area (Å²) in [6.45, 7) is 11.8. The highest BCUT2D eigenvalue weighted by Gasteiger charge is 2.22. The number of benzene rings is 1. The Morgan fingerprint density at radius 3 is 2.76 bits per heavy atom. The molecule has 0 aromatic heterocycles. The second-order valence-corrected chi connectivity index (χ2v) is 5.03. The van der Waals surface area contributed by atoms with Crippen LogP contribution in [0.25, 0.3) is 6.08 Å². The van der Waals surface area contributed by atoms with Crippen LogP contribution in [0.2, 0.25) is 0 Å². The molecule has 17 heavy (non-hydrogen) atoms. The van der Waals surface area contributed by atoms with Gasteiger partial charge in [0.15, 0.2) is 0 Å². The van der Waals surface area contributed by atoms with Crippen LogP contribution in [0.1, 0.15) is 31.4 Å². The first-order valence-electron chi connectivity index (χ1n) is 6.30. The van der Waals surface area contributed by atoms with Gasteiger partial charge in [-0.2, -0.15) is 0 Å². The summed E-state index contributed by atoms with van der Waals surface area (Å²) in [5.74, 6) is 0.717. The molecule has 1 atom stereocenters. The first-order chi connectivity index (χ1) is 8.11. The summed E-state index contributed by atoms with van der Waals surface area (Å²) in [6.07, 6.45) is 5.38. The van der Waals surface area contributed by atoms with Gasteiger partial charge in [0, 0.05) is 17.9 Å². The van der Waals surface area contributed by atoms with Crippen molar-refractivity contribution in [2.24, 2.45) is 5.92 Å². The molecular weight excluding hydrogens is 206 g/mol. The van der Waals surface area contributed by atoms with E-state index in [2.05, 4.69) is 62.6 Å². The fourth-order valence-corrected chi connectivity index (χ4v) is 2.46. The zero-order valence-corrected chi connectivity index (χ0v) is 11.0. The second kappa shape index (κ2) is 4.79. The first-order valence-corrected chi connectivity index (χ1v) is 6.30. The minimum Gasteiger partial charge on any atom is -0.345 e. The molecule has 1 aliphatic heterocycles. The van der Waals surface area contributed by atoms with Crippen LogP contribution in [0.5, 0.6) is 0 Å². The molecule has 0 spiro atoms.